The van der Waals surface area contributed by atoms with E-state index in [1.54, 1.807) is 0 Å². The molecule has 20 heavy (non-hydrogen) atoms. The van der Waals surface area contributed by atoms with Crippen molar-refractivity contribution in [1.82, 2.24) is 0 Å². The Hall–Kier alpha value is -1.44. The molecule has 1 aromatic rings. The van der Waals surface area contributed by atoms with Crippen LogP contribution in [-0.4, -0.2) is 25.9 Å². The molecular weight excluding hydrogens is 309 g/mol. The van der Waals surface area contributed by atoms with Crippen LogP contribution in [0.15, 0.2) is 29.8 Å². The Balaban J connectivity index is 2.45. The van der Waals surface area contributed by atoms with Crippen LogP contribution in [0.3, 0.4) is 0 Å². The number of carboxylic acid groups (broad SMARTS) is 1. The highest BCUT2D eigenvalue weighted by Gasteiger charge is 2.32. The summed E-state index contributed by atoms with van der Waals surface area (Å²) in [4.78, 5) is 11.1. The normalized spacial score (nSPS) is 19.6. The first-order chi connectivity index (χ1) is 9.41. The molecule has 1 N–H and O–H groups in total. The van der Waals surface area contributed by atoms with Crippen molar-refractivity contribution >= 4 is 34.5 Å². The van der Waals surface area contributed by atoms with Crippen molar-refractivity contribution in [3.8, 4) is 0 Å². The molecule has 0 saturated heterocycles. The zero-order valence-electron chi connectivity index (χ0n) is 10.1. The van der Waals surface area contributed by atoms with Crippen molar-refractivity contribution in [2.75, 3.05) is 4.31 Å². The van der Waals surface area contributed by atoms with E-state index in [9.17, 15) is 17.9 Å². The van der Waals surface area contributed by atoms with Crippen LogP contribution in [0.25, 0.3) is 0 Å². The molecule has 1 aliphatic carbocycles. The highest BCUT2D eigenvalue weighted by atomic mass is 35.5. The number of carbonyl (C=O) groups is 1. The van der Waals surface area contributed by atoms with E-state index < -0.39 is 29.1 Å². The van der Waals surface area contributed by atoms with Crippen molar-refractivity contribution in [3.63, 3.8) is 0 Å². The third kappa shape index (κ3) is 2.84. The van der Waals surface area contributed by atoms with Crippen LogP contribution in [0, 0.1) is 5.82 Å². The van der Waals surface area contributed by atoms with Crippen LogP contribution in [-0.2, 0) is 16.1 Å². The van der Waals surface area contributed by atoms with E-state index in [-0.39, 0.29) is 16.3 Å². The summed E-state index contributed by atoms with van der Waals surface area (Å²) in [6, 6.07) is 2.43. The fourth-order valence-corrected chi connectivity index (χ4v) is 3.23. The molecule has 0 heterocycles. The minimum Gasteiger partial charge on any atom is -0.755 e. The topological polar surface area (TPSA) is 80.7 Å². The molecule has 1 aromatic carbocycles. The van der Waals surface area contributed by atoms with Gasteiger partial charge in [0.1, 0.15) is 5.82 Å². The maximum absolute atomic E-state index is 13.0. The van der Waals surface area contributed by atoms with Crippen molar-refractivity contribution in [2.24, 2.45) is 0 Å². The van der Waals surface area contributed by atoms with Crippen molar-refractivity contribution < 1.29 is 23.1 Å². The molecule has 2 rings (SSSR count). The van der Waals surface area contributed by atoms with Gasteiger partial charge in [-0.1, -0.05) is 17.7 Å². The Labute approximate surface area is 122 Å². The SMILES string of the molecule is O=C(O)C1=CCCC1N(c1ccc(F)cc1Cl)S(=O)[O-]. The number of aliphatic carboxylic acids is 1. The number of halogens is 2. The predicted octanol–water partition coefficient (Wildman–Crippen LogP) is 2.25. The van der Waals surface area contributed by atoms with Gasteiger partial charge in [0.05, 0.1) is 22.3 Å². The third-order valence-electron chi connectivity index (χ3n) is 3.00. The van der Waals surface area contributed by atoms with E-state index in [2.05, 4.69) is 0 Å². The first-order valence-corrected chi connectivity index (χ1v) is 7.10. The molecule has 0 aliphatic heterocycles. The molecule has 0 saturated carbocycles. The van der Waals surface area contributed by atoms with Gasteiger partial charge in [-0.2, -0.15) is 0 Å². The van der Waals surface area contributed by atoms with Crippen molar-refractivity contribution in [1.29, 1.82) is 0 Å². The van der Waals surface area contributed by atoms with E-state index in [1.165, 1.54) is 12.1 Å². The van der Waals surface area contributed by atoms with Gasteiger partial charge in [0.2, 0.25) is 0 Å². The molecule has 5 nitrogen and oxygen atoms in total. The Bertz CT molecular complexity index is 607. The fraction of sp³-hybridized carbons (Fsp3) is 0.250. The molecule has 0 bridgehead atoms. The second-order valence-corrected chi connectivity index (χ2v) is 5.43. The minimum absolute atomic E-state index is 0.00501. The first kappa shape index (κ1) is 15.0. The maximum atomic E-state index is 13.0. The lowest BCUT2D eigenvalue weighted by Gasteiger charge is -2.33. The van der Waals surface area contributed by atoms with E-state index in [1.807, 2.05) is 0 Å². The van der Waals surface area contributed by atoms with Crippen molar-refractivity contribution in [2.45, 2.75) is 18.9 Å². The predicted molar refractivity (Wildman–Crippen MR) is 71.5 cm³/mol. The lowest BCUT2D eigenvalue weighted by atomic mass is 10.1. The molecule has 2 atom stereocenters. The summed E-state index contributed by atoms with van der Waals surface area (Å²) in [5.74, 6) is -1.78. The second kappa shape index (κ2) is 5.90. The Morgan fingerprint density at radius 3 is 2.80 bits per heavy atom. The van der Waals surface area contributed by atoms with Crippen LogP contribution in [0.2, 0.25) is 5.02 Å². The highest BCUT2D eigenvalue weighted by Crippen LogP contribution is 2.34. The van der Waals surface area contributed by atoms with E-state index in [0.29, 0.717) is 12.8 Å². The van der Waals surface area contributed by atoms with Gasteiger partial charge in [0.15, 0.2) is 0 Å². The number of benzene rings is 1. The number of anilines is 1. The quantitative estimate of drug-likeness (QED) is 0.863. The highest BCUT2D eigenvalue weighted by molar-refractivity contribution is 7.80. The summed E-state index contributed by atoms with van der Waals surface area (Å²) < 4.78 is 36.8. The zero-order chi connectivity index (χ0) is 14.9. The fourth-order valence-electron chi connectivity index (χ4n) is 2.17. The molecular formula is C12H10ClFNO4S-. The first-order valence-electron chi connectivity index (χ1n) is 5.69. The molecule has 0 radical (unpaired) electrons. The van der Waals surface area contributed by atoms with Crippen molar-refractivity contribution in [3.05, 3.63) is 40.7 Å². The number of hydrogen-bond acceptors (Lipinski definition) is 3. The number of carboxylic acids is 1. The molecule has 8 heteroatoms. The van der Waals surface area contributed by atoms with Gasteiger partial charge < -0.3 is 9.66 Å². The van der Waals surface area contributed by atoms with Crippen LogP contribution in [0.4, 0.5) is 10.1 Å². The van der Waals surface area contributed by atoms with Gasteiger partial charge in [-0.25, -0.2) is 9.18 Å². The monoisotopic (exact) mass is 318 g/mol. The molecule has 0 spiro atoms. The summed E-state index contributed by atoms with van der Waals surface area (Å²) in [5.41, 5.74) is 0.0510. The molecule has 0 fully saturated rings. The third-order valence-corrected chi connectivity index (χ3v) is 4.08. The second-order valence-electron chi connectivity index (χ2n) is 4.20. The van der Waals surface area contributed by atoms with Gasteiger partial charge in [-0.3, -0.25) is 8.51 Å². The molecule has 1 aliphatic rings. The van der Waals surface area contributed by atoms with E-state index in [4.69, 9.17) is 16.7 Å². The number of hydrogen-bond donors (Lipinski definition) is 1. The summed E-state index contributed by atoms with van der Waals surface area (Å²) >= 11 is 3.13. The summed E-state index contributed by atoms with van der Waals surface area (Å²) in [7, 11) is 0. The Morgan fingerprint density at radius 2 is 2.25 bits per heavy atom. The van der Waals surface area contributed by atoms with Gasteiger partial charge >= 0.3 is 5.97 Å². The Kier molecular flexibility index (Phi) is 4.42. The van der Waals surface area contributed by atoms with Gasteiger partial charge in [-0.15, -0.1) is 0 Å². The molecule has 2 unspecified atom stereocenters. The molecule has 108 valence electrons. The van der Waals surface area contributed by atoms with Gasteiger partial charge in [0, 0.05) is 11.3 Å². The average Bonchev–Trinajstić information content (AvgIpc) is 2.81. The zero-order valence-corrected chi connectivity index (χ0v) is 11.7. The summed E-state index contributed by atoms with van der Waals surface area (Å²) in [5, 5.41) is 8.99. The molecule has 0 aromatic heterocycles. The lowest BCUT2D eigenvalue weighted by Crippen LogP contribution is -2.38. The smallest absolute Gasteiger partial charge is 0.333 e. The number of allylic oxidation sites excluding steroid dienone is 1. The van der Waals surface area contributed by atoms with Gasteiger partial charge in [0.25, 0.3) is 0 Å². The van der Waals surface area contributed by atoms with Gasteiger partial charge in [-0.05, 0) is 31.0 Å². The van der Waals surface area contributed by atoms with E-state index in [0.717, 1.165) is 16.4 Å². The van der Waals surface area contributed by atoms with E-state index >= 15 is 0 Å². The van der Waals surface area contributed by atoms with Crippen LogP contribution in [0.1, 0.15) is 12.8 Å². The van der Waals surface area contributed by atoms with Crippen LogP contribution >= 0.6 is 11.6 Å². The molecule has 0 amide bonds. The summed E-state index contributed by atoms with van der Waals surface area (Å²) in [6.45, 7) is 0. The minimum atomic E-state index is -2.73. The average molecular weight is 319 g/mol. The summed E-state index contributed by atoms with van der Waals surface area (Å²) in [6.07, 6.45) is 2.27. The maximum Gasteiger partial charge on any atom is 0.333 e. The Morgan fingerprint density at radius 1 is 1.55 bits per heavy atom. The lowest BCUT2D eigenvalue weighted by molar-refractivity contribution is -0.132. The number of nitrogens with zero attached hydrogens (tertiary/aromatic N) is 1. The largest absolute Gasteiger partial charge is 0.755 e. The standard InChI is InChI=1S/C12H11ClFNO4S/c13-9-6-7(14)4-5-11(9)15(20(18)19)10-3-1-2-8(10)12(16)17/h2,4-6,10H,1,3H2,(H,16,17)(H,18,19)/p-1. The van der Waals surface area contributed by atoms with Crippen LogP contribution in [0.5, 0.6) is 0 Å². The van der Waals surface area contributed by atoms with Crippen LogP contribution < -0.4 is 4.31 Å². The number of rotatable bonds is 4.